The highest BCUT2D eigenvalue weighted by molar-refractivity contribution is 5.42. The third-order valence-corrected chi connectivity index (χ3v) is 2.54. The van der Waals surface area contributed by atoms with E-state index in [0.717, 1.165) is 11.8 Å². The molecule has 0 radical (unpaired) electrons. The Labute approximate surface area is 118 Å². The van der Waals surface area contributed by atoms with Gasteiger partial charge in [0.1, 0.15) is 5.82 Å². The standard InChI is InChI=1S/C12H13F3N6/c1-7-3-2-4-8(18-7)6-17-10-5-9(12(13,14)15)19-11(20-10)21-16/h2-5H,6,16H2,1H3,(H2,17,19,20,21). The first kappa shape index (κ1) is 15.0. The molecule has 0 aliphatic carbocycles. The SMILES string of the molecule is Cc1cccc(CNc2cc(C(F)(F)F)nc(NN)n2)n1. The van der Waals surface area contributed by atoms with Crippen molar-refractivity contribution < 1.29 is 13.2 Å². The van der Waals surface area contributed by atoms with Gasteiger partial charge >= 0.3 is 6.18 Å². The molecule has 2 rings (SSSR count). The van der Waals surface area contributed by atoms with E-state index in [2.05, 4.69) is 20.3 Å². The summed E-state index contributed by atoms with van der Waals surface area (Å²) in [6, 6.07) is 6.21. The van der Waals surface area contributed by atoms with E-state index in [1.54, 1.807) is 6.07 Å². The van der Waals surface area contributed by atoms with Crippen molar-refractivity contribution in [3.8, 4) is 0 Å². The van der Waals surface area contributed by atoms with E-state index in [9.17, 15) is 13.2 Å². The summed E-state index contributed by atoms with van der Waals surface area (Å²) in [5.74, 6) is 4.77. The Morgan fingerprint density at radius 2 is 1.95 bits per heavy atom. The maximum absolute atomic E-state index is 12.7. The highest BCUT2D eigenvalue weighted by Crippen LogP contribution is 2.29. The van der Waals surface area contributed by atoms with Crippen molar-refractivity contribution in [3.63, 3.8) is 0 Å². The Balaban J connectivity index is 2.19. The fraction of sp³-hybridized carbons (Fsp3) is 0.250. The number of nitrogens with two attached hydrogens (primary N) is 1. The summed E-state index contributed by atoms with van der Waals surface area (Å²) in [5.41, 5.74) is 2.43. The van der Waals surface area contributed by atoms with Crippen molar-refractivity contribution in [2.75, 3.05) is 10.7 Å². The van der Waals surface area contributed by atoms with Crippen molar-refractivity contribution in [3.05, 3.63) is 41.3 Å². The van der Waals surface area contributed by atoms with Crippen LogP contribution in [0.1, 0.15) is 17.1 Å². The molecule has 112 valence electrons. The largest absolute Gasteiger partial charge is 0.433 e. The molecule has 0 aromatic carbocycles. The van der Waals surface area contributed by atoms with E-state index in [4.69, 9.17) is 5.84 Å². The zero-order chi connectivity index (χ0) is 15.5. The van der Waals surface area contributed by atoms with Gasteiger partial charge in [-0.25, -0.2) is 10.8 Å². The number of hydrazine groups is 1. The molecule has 2 heterocycles. The molecule has 0 amide bonds. The van der Waals surface area contributed by atoms with Gasteiger partial charge in [-0.3, -0.25) is 10.4 Å². The van der Waals surface area contributed by atoms with Crippen molar-refractivity contribution in [2.45, 2.75) is 19.6 Å². The number of halogens is 3. The molecular weight excluding hydrogens is 285 g/mol. The Hall–Kier alpha value is -2.42. The minimum atomic E-state index is -4.58. The van der Waals surface area contributed by atoms with Gasteiger partial charge in [0.05, 0.1) is 12.2 Å². The van der Waals surface area contributed by atoms with Crippen LogP contribution in [-0.2, 0) is 12.7 Å². The van der Waals surface area contributed by atoms with E-state index in [1.165, 1.54) is 0 Å². The lowest BCUT2D eigenvalue weighted by molar-refractivity contribution is -0.141. The average Bonchev–Trinajstić information content (AvgIpc) is 2.44. The van der Waals surface area contributed by atoms with Crippen molar-refractivity contribution >= 4 is 11.8 Å². The van der Waals surface area contributed by atoms with Crippen LogP contribution in [-0.4, -0.2) is 15.0 Å². The highest BCUT2D eigenvalue weighted by Gasteiger charge is 2.33. The van der Waals surface area contributed by atoms with Gasteiger partial charge in [-0.2, -0.15) is 18.2 Å². The predicted octanol–water partition coefficient (Wildman–Crippen LogP) is 2.10. The molecule has 0 aliphatic rings. The topological polar surface area (TPSA) is 88.8 Å². The minimum absolute atomic E-state index is 0.00795. The average molecular weight is 298 g/mol. The lowest BCUT2D eigenvalue weighted by Gasteiger charge is -2.11. The maximum atomic E-state index is 12.7. The Bertz CT molecular complexity index is 629. The quantitative estimate of drug-likeness (QED) is 0.591. The first-order chi connectivity index (χ1) is 9.88. The molecule has 0 aliphatic heterocycles. The van der Waals surface area contributed by atoms with Crippen molar-refractivity contribution in [2.24, 2.45) is 5.84 Å². The maximum Gasteiger partial charge on any atom is 0.433 e. The molecule has 6 nitrogen and oxygen atoms in total. The Kier molecular flexibility index (Phi) is 4.22. The van der Waals surface area contributed by atoms with Gasteiger partial charge in [-0.05, 0) is 19.1 Å². The third kappa shape index (κ3) is 4.02. The summed E-state index contributed by atoms with van der Waals surface area (Å²) in [5, 5.41) is 2.77. The number of aromatic nitrogens is 3. The van der Waals surface area contributed by atoms with Gasteiger partial charge in [0.2, 0.25) is 5.95 Å². The molecule has 0 bridgehead atoms. The lowest BCUT2D eigenvalue weighted by Crippen LogP contribution is -2.17. The van der Waals surface area contributed by atoms with Gasteiger partial charge < -0.3 is 5.32 Å². The molecule has 21 heavy (non-hydrogen) atoms. The molecule has 0 atom stereocenters. The second-order valence-electron chi connectivity index (χ2n) is 4.23. The van der Waals surface area contributed by atoms with Gasteiger partial charge in [0.25, 0.3) is 0 Å². The number of pyridine rings is 1. The molecule has 4 N–H and O–H groups in total. The molecule has 0 saturated heterocycles. The normalized spacial score (nSPS) is 11.3. The summed E-state index contributed by atoms with van der Waals surface area (Å²) in [4.78, 5) is 11.3. The fourth-order valence-corrected chi connectivity index (χ4v) is 1.63. The number of aryl methyl sites for hydroxylation is 1. The third-order valence-electron chi connectivity index (χ3n) is 2.54. The number of hydrogen-bond acceptors (Lipinski definition) is 6. The van der Waals surface area contributed by atoms with Crippen LogP contribution in [0, 0.1) is 6.92 Å². The van der Waals surface area contributed by atoms with E-state index < -0.39 is 11.9 Å². The monoisotopic (exact) mass is 298 g/mol. The van der Waals surface area contributed by atoms with Gasteiger partial charge in [-0.1, -0.05) is 6.07 Å². The number of nitrogen functional groups attached to an aromatic ring is 1. The van der Waals surface area contributed by atoms with Gasteiger partial charge in [0, 0.05) is 11.8 Å². The van der Waals surface area contributed by atoms with Crippen LogP contribution in [0.2, 0.25) is 0 Å². The number of anilines is 2. The number of nitrogens with zero attached hydrogens (tertiary/aromatic N) is 3. The van der Waals surface area contributed by atoms with E-state index in [1.807, 2.05) is 24.5 Å². The lowest BCUT2D eigenvalue weighted by atomic mass is 10.3. The van der Waals surface area contributed by atoms with Gasteiger partial charge in [-0.15, -0.1) is 0 Å². The van der Waals surface area contributed by atoms with E-state index in [-0.39, 0.29) is 18.3 Å². The summed E-state index contributed by atoms with van der Waals surface area (Å²) >= 11 is 0. The number of nitrogens with one attached hydrogen (secondary N) is 2. The Morgan fingerprint density at radius 1 is 1.19 bits per heavy atom. The van der Waals surface area contributed by atoms with Crippen LogP contribution in [0.15, 0.2) is 24.3 Å². The second kappa shape index (κ2) is 5.92. The van der Waals surface area contributed by atoms with Crippen LogP contribution in [0.4, 0.5) is 24.9 Å². The van der Waals surface area contributed by atoms with Crippen molar-refractivity contribution in [1.29, 1.82) is 0 Å². The van der Waals surface area contributed by atoms with Crippen LogP contribution in [0.5, 0.6) is 0 Å². The van der Waals surface area contributed by atoms with Crippen LogP contribution < -0.4 is 16.6 Å². The Morgan fingerprint density at radius 3 is 2.57 bits per heavy atom. The first-order valence-electron chi connectivity index (χ1n) is 5.98. The summed E-state index contributed by atoms with van der Waals surface area (Å²) in [6.07, 6.45) is -4.58. The molecule has 0 saturated carbocycles. The predicted molar refractivity (Wildman–Crippen MR) is 71.1 cm³/mol. The number of alkyl halides is 3. The zero-order valence-corrected chi connectivity index (χ0v) is 11.1. The fourth-order valence-electron chi connectivity index (χ4n) is 1.63. The van der Waals surface area contributed by atoms with Crippen LogP contribution in [0.3, 0.4) is 0 Å². The molecule has 9 heteroatoms. The highest BCUT2D eigenvalue weighted by atomic mass is 19.4. The van der Waals surface area contributed by atoms with E-state index in [0.29, 0.717) is 5.69 Å². The molecule has 2 aromatic rings. The summed E-state index contributed by atoms with van der Waals surface area (Å²) < 4.78 is 38.1. The number of hydrogen-bond donors (Lipinski definition) is 3. The molecule has 0 fully saturated rings. The van der Waals surface area contributed by atoms with Crippen LogP contribution >= 0.6 is 0 Å². The summed E-state index contributed by atoms with van der Waals surface area (Å²) in [6.45, 7) is 2.06. The van der Waals surface area contributed by atoms with Crippen LogP contribution in [0.25, 0.3) is 0 Å². The van der Waals surface area contributed by atoms with E-state index >= 15 is 0 Å². The smallest absolute Gasteiger partial charge is 0.364 e. The molecule has 0 spiro atoms. The number of rotatable bonds is 4. The molecule has 0 unspecified atom stereocenters. The summed E-state index contributed by atoms with van der Waals surface area (Å²) in [7, 11) is 0. The second-order valence-corrected chi connectivity index (χ2v) is 4.23. The first-order valence-corrected chi connectivity index (χ1v) is 5.98. The van der Waals surface area contributed by atoms with Crippen molar-refractivity contribution in [1.82, 2.24) is 15.0 Å². The zero-order valence-electron chi connectivity index (χ0n) is 11.1. The molecule has 2 aromatic heterocycles. The van der Waals surface area contributed by atoms with Gasteiger partial charge in [0.15, 0.2) is 5.69 Å². The minimum Gasteiger partial charge on any atom is -0.364 e. The molecular formula is C12H13F3N6.